The number of hydrogen-bond acceptors (Lipinski definition) is 30. The van der Waals surface area contributed by atoms with Gasteiger partial charge in [0.1, 0.15) is 115 Å². The van der Waals surface area contributed by atoms with E-state index in [-0.39, 0.29) is 39.7 Å². The summed E-state index contributed by atoms with van der Waals surface area (Å²) in [5.41, 5.74) is 0.502. The minimum absolute atomic E-state index is 0.0225. The molecule has 0 saturated carbocycles. The average molecular weight is 1220 g/mol. The van der Waals surface area contributed by atoms with Crippen molar-refractivity contribution in [2.45, 2.75) is 123 Å². The van der Waals surface area contributed by atoms with E-state index in [0.29, 0.717) is 5.56 Å². The molecule has 4 saturated heterocycles. The predicted molar refractivity (Wildman–Crippen MR) is 282 cm³/mol. The maximum atomic E-state index is 13.3. The van der Waals surface area contributed by atoms with Crippen molar-refractivity contribution in [3.8, 4) is 46.0 Å². The van der Waals surface area contributed by atoms with Crippen LogP contribution in [-0.4, -0.2) is 242 Å². The van der Waals surface area contributed by atoms with Gasteiger partial charge in [0.25, 0.3) is 0 Å². The van der Waals surface area contributed by atoms with Crippen LogP contribution >= 0.6 is 0 Å². The van der Waals surface area contributed by atoms with E-state index in [4.69, 9.17) is 52.1 Å². The maximum absolute atomic E-state index is 13.3. The molecule has 0 aromatic heterocycles. The Morgan fingerprint density at radius 1 is 0.535 bits per heavy atom. The quantitative estimate of drug-likeness (QED) is 0.0266. The Balaban J connectivity index is 1.00. The van der Waals surface area contributed by atoms with Crippen LogP contribution < -0.4 is 14.2 Å². The molecular formula is C56H62O30. The number of aromatic hydroxyl groups is 5. The van der Waals surface area contributed by atoms with Crippen LogP contribution in [0.25, 0.3) is 18.2 Å². The number of phenols is 5. The number of carbonyl (C=O) groups is 2. The maximum Gasteiger partial charge on any atom is 0.331 e. The number of fused-ring (bicyclic) bond motifs is 1. The summed E-state index contributed by atoms with van der Waals surface area (Å²) >= 11 is 0. The molecule has 4 aromatic carbocycles. The molecule has 20 unspecified atom stereocenters. The van der Waals surface area contributed by atoms with Crippen LogP contribution in [0, 0.1) is 0 Å². The molecule has 0 spiro atoms. The first-order valence-corrected chi connectivity index (χ1v) is 26.4. The van der Waals surface area contributed by atoms with Crippen molar-refractivity contribution in [1.82, 2.24) is 0 Å². The number of phenolic OH excluding ortho intramolecular Hbond substituents is 5. The van der Waals surface area contributed by atoms with Gasteiger partial charge in [0, 0.05) is 29.8 Å². The van der Waals surface area contributed by atoms with Crippen molar-refractivity contribution in [2.75, 3.05) is 26.4 Å². The number of rotatable bonds is 18. The SMILES string of the molecule is O=C(C=Cc1ccc(OC2OC(CO)C(O)C(O)C2O)cc1)OCC1OC(OC2=Cc3c(cc(O)cc3OC3OC(CO)C(O)C(O)C3O)OC2c2ccc(O)c(O)c2)C(OC2OCC(O)C(O)C2OC(=O)C=Cc2ccc(O)c(O)c2)C(O)C1O. The van der Waals surface area contributed by atoms with Crippen LogP contribution in [0.5, 0.6) is 46.0 Å². The molecule has 466 valence electrons. The van der Waals surface area contributed by atoms with Crippen molar-refractivity contribution in [3.05, 3.63) is 113 Å². The van der Waals surface area contributed by atoms with Crippen molar-refractivity contribution in [3.63, 3.8) is 0 Å². The van der Waals surface area contributed by atoms with Gasteiger partial charge in [-0.3, -0.25) is 0 Å². The second-order valence-corrected chi connectivity index (χ2v) is 20.3. The summed E-state index contributed by atoms with van der Waals surface area (Å²) in [5.74, 6) is -5.71. The number of esters is 2. The van der Waals surface area contributed by atoms with Gasteiger partial charge in [-0.2, -0.15) is 0 Å². The molecule has 86 heavy (non-hydrogen) atoms. The third kappa shape index (κ3) is 14.0. The topological polar surface area (TPSA) is 480 Å². The van der Waals surface area contributed by atoms with Crippen molar-refractivity contribution < 1.29 is 149 Å². The van der Waals surface area contributed by atoms with Gasteiger partial charge < -0.3 is 139 Å². The molecule has 5 heterocycles. The molecule has 4 aromatic rings. The fourth-order valence-corrected chi connectivity index (χ4v) is 9.54. The molecule has 20 atom stereocenters. The van der Waals surface area contributed by atoms with E-state index in [1.54, 1.807) is 0 Å². The second-order valence-electron chi connectivity index (χ2n) is 20.3. The van der Waals surface area contributed by atoms with Gasteiger partial charge in [-0.25, -0.2) is 9.59 Å². The number of benzene rings is 4. The van der Waals surface area contributed by atoms with Gasteiger partial charge in [0.05, 0.1) is 25.4 Å². The van der Waals surface area contributed by atoms with Gasteiger partial charge in [0.15, 0.2) is 47.6 Å². The third-order valence-electron chi connectivity index (χ3n) is 14.3. The summed E-state index contributed by atoms with van der Waals surface area (Å²) in [6.07, 6.45) is -30.2. The average Bonchev–Trinajstić information content (AvgIpc) is 1.39. The lowest BCUT2D eigenvalue weighted by Gasteiger charge is -2.45. The highest BCUT2D eigenvalue weighted by Crippen LogP contribution is 2.47. The van der Waals surface area contributed by atoms with Crippen molar-refractivity contribution in [2.24, 2.45) is 0 Å². The Hall–Kier alpha value is -7.44. The Bertz CT molecular complexity index is 3100. The van der Waals surface area contributed by atoms with E-state index in [9.17, 15) is 96.4 Å². The van der Waals surface area contributed by atoms with E-state index >= 15 is 0 Å². The summed E-state index contributed by atoms with van der Waals surface area (Å²) in [4.78, 5) is 26.5. The third-order valence-corrected chi connectivity index (χ3v) is 14.3. The fourth-order valence-electron chi connectivity index (χ4n) is 9.54. The highest BCUT2D eigenvalue weighted by molar-refractivity contribution is 5.88. The minimum Gasteiger partial charge on any atom is -0.508 e. The van der Waals surface area contributed by atoms with Crippen LogP contribution in [0.2, 0.25) is 0 Å². The first-order chi connectivity index (χ1) is 41.0. The largest absolute Gasteiger partial charge is 0.508 e. The van der Waals surface area contributed by atoms with Crippen LogP contribution in [-0.2, 0) is 47.5 Å². The second kappa shape index (κ2) is 27.1. The van der Waals surface area contributed by atoms with Crippen molar-refractivity contribution in [1.29, 1.82) is 0 Å². The number of carbonyl (C=O) groups excluding carboxylic acids is 2. The Kier molecular flexibility index (Phi) is 19.9. The molecule has 30 heteroatoms. The predicted octanol–water partition coefficient (Wildman–Crippen LogP) is -3.14. The molecule has 0 aliphatic carbocycles. The number of ether oxygens (including phenoxy) is 11. The van der Waals surface area contributed by atoms with Gasteiger partial charge >= 0.3 is 11.9 Å². The minimum atomic E-state index is -2.17. The fraction of sp³-hybridized carbons (Fsp3) is 0.429. The first-order valence-electron chi connectivity index (χ1n) is 26.4. The molecule has 0 radical (unpaired) electrons. The zero-order valence-electron chi connectivity index (χ0n) is 44.6. The van der Waals surface area contributed by atoms with E-state index in [1.807, 2.05) is 0 Å². The lowest BCUT2D eigenvalue weighted by Crippen LogP contribution is -2.63. The Labute approximate surface area is 485 Å². The molecule has 17 N–H and O–H groups in total. The van der Waals surface area contributed by atoms with Gasteiger partial charge in [-0.05, 0) is 65.8 Å². The van der Waals surface area contributed by atoms with Crippen LogP contribution in [0.3, 0.4) is 0 Å². The zero-order chi connectivity index (χ0) is 61.8. The van der Waals surface area contributed by atoms with Crippen molar-refractivity contribution >= 4 is 30.2 Å². The molecule has 0 amide bonds. The summed E-state index contributed by atoms with van der Waals surface area (Å²) in [6, 6.07) is 14.9. The molecule has 5 aliphatic heterocycles. The van der Waals surface area contributed by atoms with E-state index < -0.39 is 190 Å². The van der Waals surface area contributed by atoms with Gasteiger partial charge in [-0.15, -0.1) is 0 Å². The molecule has 4 fully saturated rings. The molecule has 30 nitrogen and oxygen atoms in total. The molecule has 0 bridgehead atoms. The normalized spacial score (nSPS) is 33.7. The standard InChI is InChI=1S/C56H62O30/c57-18-36-42(68)45(71)48(74)53(82-36)78-26-7-1-22(2-8-26)4-11-39(65)76-21-38-44(70)47(73)52(86-55-51(41(67)32(64)20-77-55)85-40(66)12-5-23-3-9-28(60)30(62)13-23)56(84-38)81-35-17-27-33(79-50(35)24-6-10-29(61)31(63)14-24)15-25(59)16-34(27)80-54-49(75)46(72)43(69)37(19-58)83-54/h1-17,32,36-38,41-64,67-75H,18-21H2. The van der Waals surface area contributed by atoms with Gasteiger partial charge in [0.2, 0.25) is 18.9 Å². The highest BCUT2D eigenvalue weighted by atomic mass is 16.8. The Morgan fingerprint density at radius 2 is 1.12 bits per heavy atom. The zero-order valence-corrected chi connectivity index (χ0v) is 44.6. The summed E-state index contributed by atoms with van der Waals surface area (Å²) in [5, 5.41) is 179. The van der Waals surface area contributed by atoms with Gasteiger partial charge in [-0.1, -0.05) is 24.3 Å². The number of aliphatic hydroxyl groups is 12. The number of hydrogen-bond donors (Lipinski definition) is 17. The monoisotopic (exact) mass is 1210 g/mol. The smallest absolute Gasteiger partial charge is 0.331 e. The summed E-state index contributed by atoms with van der Waals surface area (Å²) in [7, 11) is 0. The molecule has 9 rings (SSSR count). The summed E-state index contributed by atoms with van der Waals surface area (Å²) < 4.78 is 64.2. The van der Waals surface area contributed by atoms with E-state index in [2.05, 4.69) is 0 Å². The highest BCUT2D eigenvalue weighted by Gasteiger charge is 2.53. The number of aliphatic hydroxyl groups excluding tert-OH is 12. The lowest BCUT2D eigenvalue weighted by atomic mass is 9.97. The lowest BCUT2D eigenvalue weighted by molar-refractivity contribution is -0.353. The first kappa shape index (κ1) is 63.1. The van der Waals surface area contributed by atoms with Crippen LogP contribution in [0.15, 0.2) is 90.7 Å². The Morgan fingerprint density at radius 3 is 1.76 bits per heavy atom. The van der Waals surface area contributed by atoms with Crippen LogP contribution in [0.4, 0.5) is 0 Å². The molecular weight excluding hydrogens is 1150 g/mol. The van der Waals surface area contributed by atoms with E-state index in [0.717, 1.165) is 48.6 Å². The van der Waals surface area contributed by atoms with E-state index in [1.165, 1.54) is 54.6 Å². The summed E-state index contributed by atoms with van der Waals surface area (Å²) in [6.45, 7) is -3.02. The molecule has 5 aliphatic rings. The van der Waals surface area contributed by atoms with Crippen LogP contribution in [0.1, 0.15) is 28.4 Å².